The first-order valence-corrected chi connectivity index (χ1v) is 10.5. The van der Waals surface area contributed by atoms with E-state index in [1.54, 1.807) is 0 Å². The molecule has 2 aromatic rings. The van der Waals surface area contributed by atoms with E-state index in [0.29, 0.717) is 12.1 Å². The fourth-order valence-electron chi connectivity index (χ4n) is 5.27. The van der Waals surface area contributed by atoms with Crippen molar-refractivity contribution in [3.63, 3.8) is 0 Å². The number of hydrogen-bond donors (Lipinski definition) is 8. The van der Waals surface area contributed by atoms with Crippen LogP contribution in [-0.2, 0) is 30.0 Å². The Hall–Kier alpha value is -5.54. The molecule has 8 amide bonds. The molecule has 0 saturated carbocycles. The summed E-state index contributed by atoms with van der Waals surface area (Å²) in [5, 5.41) is 49.8. The van der Waals surface area contributed by atoms with Gasteiger partial charge in [-0.15, -0.1) is 0 Å². The first-order valence-electron chi connectivity index (χ1n) is 10.5. The number of fused-ring (bicyclic) bond motifs is 6. The number of methoxy groups -OCH3 is 2. The number of imide groups is 4. The first kappa shape index (κ1) is 24.2. The summed E-state index contributed by atoms with van der Waals surface area (Å²) < 4.78 is 10.4. The highest BCUT2D eigenvalue weighted by atomic mass is 16.5. The second-order valence-electron chi connectivity index (χ2n) is 8.37. The highest BCUT2D eigenvalue weighted by Gasteiger charge is 2.69. The lowest BCUT2D eigenvalue weighted by molar-refractivity contribution is -0.140. The summed E-state index contributed by atoms with van der Waals surface area (Å²) in [5.41, 5.74) is -8.33. The molecule has 2 aliphatic heterocycles. The summed E-state index contributed by atoms with van der Waals surface area (Å²) in [5.74, 6) is -11.1. The molecule has 16 nitrogen and oxygen atoms in total. The van der Waals surface area contributed by atoms with E-state index < -0.39 is 103 Å². The second-order valence-corrected chi connectivity index (χ2v) is 8.37. The van der Waals surface area contributed by atoms with Crippen LogP contribution in [0.3, 0.4) is 0 Å². The number of carbonyl (C=O) groups excluding carboxylic acids is 6. The molecule has 2 heterocycles. The third-order valence-corrected chi connectivity index (χ3v) is 6.71. The second kappa shape index (κ2) is 7.48. The smallest absolute Gasteiger partial charge is 0.328 e. The monoisotopic (exact) mass is 528 g/mol. The maximum Gasteiger partial charge on any atom is 0.328 e. The highest BCUT2D eigenvalue weighted by molar-refractivity contribution is 6.31. The standard InChI is InChI=1S/C22H16N4O12/c1-37-13-9-5(3-7(27)11(13)29)22(17(33)25-20(36)26-18(22)34)10-6(4-8(28)12(30)14(10)38-2)21(9)15(31)23-19(35)24-16(21)32/h3-4,27-30H,1-2H3,(H2,23,24,31,32,35)(H2,25,26,33,34,36). The number of hydrogen-bond acceptors (Lipinski definition) is 12. The minimum Gasteiger partial charge on any atom is -0.504 e. The number of ether oxygens (including phenoxy) is 2. The summed E-state index contributed by atoms with van der Waals surface area (Å²) in [6.07, 6.45) is 0. The zero-order valence-electron chi connectivity index (χ0n) is 19.2. The minimum absolute atomic E-state index is 0.664. The van der Waals surface area contributed by atoms with Crippen LogP contribution in [0, 0.1) is 0 Å². The number of benzene rings is 2. The molecule has 2 fully saturated rings. The van der Waals surface area contributed by atoms with Crippen LogP contribution in [0.15, 0.2) is 12.1 Å². The molecule has 16 heteroatoms. The van der Waals surface area contributed by atoms with Crippen LogP contribution in [0.2, 0.25) is 0 Å². The minimum atomic E-state index is -2.80. The molecule has 5 rings (SSSR count). The van der Waals surface area contributed by atoms with Gasteiger partial charge in [0.2, 0.25) is 11.5 Å². The Balaban J connectivity index is 2.13. The number of phenols is 4. The molecule has 0 aromatic heterocycles. The number of aromatic hydroxyl groups is 4. The van der Waals surface area contributed by atoms with E-state index in [4.69, 9.17) is 9.47 Å². The zero-order valence-corrected chi connectivity index (χ0v) is 19.2. The molecule has 0 unspecified atom stereocenters. The van der Waals surface area contributed by atoms with E-state index in [1.165, 1.54) is 0 Å². The molecule has 1 aliphatic carbocycles. The van der Waals surface area contributed by atoms with E-state index in [1.807, 2.05) is 21.3 Å². The van der Waals surface area contributed by atoms with Gasteiger partial charge in [0.15, 0.2) is 33.8 Å². The van der Waals surface area contributed by atoms with Crippen LogP contribution in [0.25, 0.3) is 0 Å². The number of rotatable bonds is 2. The normalized spacial score (nSPS) is 18.7. The molecule has 196 valence electrons. The van der Waals surface area contributed by atoms with Crippen LogP contribution in [0.1, 0.15) is 22.3 Å². The maximum atomic E-state index is 13.6. The van der Waals surface area contributed by atoms with Crippen molar-refractivity contribution in [2.45, 2.75) is 10.8 Å². The van der Waals surface area contributed by atoms with E-state index in [2.05, 4.69) is 0 Å². The van der Waals surface area contributed by atoms with Gasteiger partial charge in [0, 0.05) is 11.1 Å². The van der Waals surface area contributed by atoms with E-state index >= 15 is 0 Å². The highest BCUT2D eigenvalue weighted by Crippen LogP contribution is 2.62. The van der Waals surface area contributed by atoms with Gasteiger partial charge in [0.25, 0.3) is 23.6 Å². The van der Waals surface area contributed by atoms with Gasteiger partial charge in [-0.1, -0.05) is 0 Å². The molecule has 0 radical (unpaired) electrons. The summed E-state index contributed by atoms with van der Waals surface area (Å²) in [6, 6.07) is -1.14. The van der Waals surface area contributed by atoms with Crippen molar-refractivity contribution in [3.05, 3.63) is 34.4 Å². The molecular formula is C22H16N4O12. The third kappa shape index (κ3) is 2.52. The third-order valence-electron chi connectivity index (χ3n) is 6.71. The number of amides is 8. The molecule has 8 N–H and O–H groups in total. The van der Waals surface area contributed by atoms with E-state index in [-0.39, 0.29) is 0 Å². The Morgan fingerprint density at radius 3 is 1.13 bits per heavy atom. The average Bonchev–Trinajstić information content (AvgIpc) is 2.83. The molecule has 2 spiro atoms. The SMILES string of the molecule is COc1c(O)c(O)cc2c1C1(C(=O)NC(=O)NC1=O)c1cc(O)c(O)c(OC)c1C21C(=O)NC(=O)NC1=O. The summed E-state index contributed by atoms with van der Waals surface area (Å²) in [6.45, 7) is 0. The topological polar surface area (TPSA) is 250 Å². The molecule has 2 aromatic carbocycles. The maximum absolute atomic E-state index is 13.6. The summed E-state index contributed by atoms with van der Waals surface area (Å²) in [7, 11) is 1.93. The molecule has 3 aliphatic rings. The summed E-state index contributed by atoms with van der Waals surface area (Å²) >= 11 is 0. The largest absolute Gasteiger partial charge is 0.504 e. The van der Waals surface area contributed by atoms with Crippen LogP contribution < -0.4 is 30.7 Å². The van der Waals surface area contributed by atoms with Crippen molar-refractivity contribution in [2.75, 3.05) is 14.2 Å². The molecule has 0 atom stereocenters. The lowest BCUT2D eigenvalue weighted by Crippen LogP contribution is -2.71. The Labute approximate surface area is 210 Å². The molecule has 0 bridgehead atoms. The average molecular weight is 528 g/mol. The predicted molar refractivity (Wildman–Crippen MR) is 118 cm³/mol. The number of barbiturate groups is 2. The number of urea groups is 2. The van der Waals surface area contributed by atoms with Gasteiger partial charge >= 0.3 is 12.1 Å². The van der Waals surface area contributed by atoms with Crippen molar-refractivity contribution in [3.8, 4) is 34.5 Å². The summed E-state index contributed by atoms with van der Waals surface area (Å²) in [4.78, 5) is 78.6. The van der Waals surface area contributed by atoms with Gasteiger partial charge in [-0.05, 0) is 23.3 Å². The van der Waals surface area contributed by atoms with E-state index in [9.17, 15) is 49.2 Å². The zero-order chi connectivity index (χ0) is 27.9. The Bertz CT molecular complexity index is 1410. The fraction of sp³-hybridized carbons (Fsp3) is 0.182. The molecular weight excluding hydrogens is 512 g/mol. The lowest BCUT2D eigenvalue weighted by atomic mass is 9.54. The Kier molecular flexibility index (Phi) is 4.76. The number of carbonyl (C=O) groups is 6. The predicted octanol–water partition coefficient (Wildman–Crippen LogP) is -1.86. The van der Waals surface area contributed by atoms with Crippen molar-refractivity contribution in [1.82, 2.24) is 21.3 Å². The van der Waals surface area contributed by atoms with Gasteiger partial charge in [-0.25, -0.2) is 9.59 Å². The lowest BCUT2D eigenvalue weighted by Gasteiger charge is -2.48. The number of phenolic OH excluding ortho intramolecular Hbond substituents is 4. The molecule has 38 heavy (non-hydrogen) atoms. The van der Waals surface area contributed by atoms with Crippen LogP contribution in [0.5, 0.6) is 34.5 Å². The van der Waals surface area contributed by atoms with E-state index in [0.717, 1.165) is 14.2 Å². The van der Waals surface area contributed by atoms with Gasteiger partial charge in [0.05, 0.1) is 14.2 Å². The quantitative estimate of drug-likeness (QED) is 0.158. The fourth-order valence-corrected chi connectivity index (χ4v) is 5.27. The Morgan fingerprint density at radius 1 is 0.579 bits per heavy atom. The molecule has 2 saturated heterocycles. The van der Waals surface area contributed by atoms with Gasteiger partial charge in [-0.3, -0.25) is 40.4 Å². The van der Waals surface area contributed by atoms with Gasteiger partial charge in [0.1, 0.15) is 0 Å². The van der Waals surface area contributed by atoms with Crippen LogP contribution in [0.4, 0.5) is 9.59 Å². The number of nitrogens with one attached hydrogen (secondary N) is 4. The van der Waals surface area contributed by atoms with Crippen LogP contribution in [-0.4, -0.2) is 70.3 Å². The first-order chi connectivity index (χ1) is 17.9. The van der Waals surface area contributed by atoms with Crippen LogP contribution >= 0.6 is 0 Å². The Morgan fingerprint density at radius 2 is 0.868 bits per heavy atom. The van der Waals surface area contributed by atoms with Gasteiger partial charge in [-0.2, -0.15) is 0 Å². The van der Waals surface area contributed by atoms with Crippen molar-refractivity contribution in [2.24, 2.45) is 0 Å². The van der Waals surface area contributed by atoms with Crippen molar-refractivity contribution < 1.29 is 58.7 Å². The van der Waals surface area contributed by atoms with Crippen molar-refractivity contribution in [1.29, 1.82) is 0 Å². The van der Waals surface area contributed by atoms with Crippen molar-refractivity contribution >= 4 is 35.7 Å². The van der Waals surface area contributed by atoms with Gasteiger partial charge < -0.3 is 29.9 Å².